The summed E-state index contributed by atoms with van der Waals surface area (Å²) in [4.78, 5) is 30.6. The fourth-order valence-electron chi connectivity index (χ4n) is 5.20. The predicted molar refractivity (Wildman–Crippen MR) is 187 cm³/mol. The van der Waals surface area contributed by atoms with Crippen LogP contribution in [0.5, 0.6) is 0 Å². The lowest BCUT2D eigenvalue weighted by molar-refractivity contribution is 0.0497. The van der Waals surface area contributed by atoms with Gasteiger partial charge < -0.3 is 15.0 Å². The van der Waals surface area contributed by atoms with Crippen LogP contribution in [0.15, 0.2) is 42.5 Å². The van der Waals surface area contributed by atoms with E-state index in [2.05, 4.69) is 27.4 Å². The third-order valence-electron chi connectivity index (χ3n) is 7.92. The molecule has 0 unspecified atom stereocenters. The number of nitrogens with one attached hydrogen (secondary N) is 2. The van der Waals surface area contributed by atoms with Gasteiger partial charge in [0.05, 0.1) is 28.6 Å². The lowest BCUT2D eigenvalue weighted by atomic mass is 9.92. The molecule has 0 saturated heterocycles. The third kappa shape index (κ3) is 9.26. The fraction of sp³-hybridized carbons (Fsp3) is 0.486. The highest BCUT2D eigenvalue weighted by molar-refractivity contribution is 6.34. The molecule has 2 aromatic carbocycles. The maximum atomic E-state index is 13.2. The van der Waals surface area contributed by atoms with Crippen molar-refractivity contribution in [2.45, 2.75) is 97.3 Å². The van der Waals surface area contributed by atoms with Crippen molar-refractivity contribution in [3.63, 3.8) is 0 Å². The summed E-state index contributed by atoms with van der Waals surface area (Å²) in [7, 11) is 1.59. The van der Waals surface area contributed by atoms with E-state index in [1.807, 2.05) is 32.9 Å². The van der Waals surface area contributed by atoms with E-state index in [-0.39, 0.29) is 5.41 Å². The summed E-state index contributed by atoms with van der Waals surface area (Å²) in [6.45, 7) is 8.73. The number of aromatic amines is 1. The van der Waals surface area contributed by atoms with Gasteiger partial charge in [-0.15, -0.1) is 9.73 Å². The molecular weight excluding hydrogens is 623 g/mol. The second kappa shape index (κ2) is 16.3. The summed E-state index contributed by atoms with van der Waals surface area (Å²) in [6, 6.07) is 11.6. The summed E-state index contributed by atoms with van der Waals surface area (Å²) in [6.07, 6.45) is 12.1. The minimum Gasteiger partial charge on any atom is -0.462 e. The van der Waals surface area contributed by atoms with E-state index in [0.29, 0.717) is 45.1 Å². The first-order valence-electron chi connectivity index (χ1n) is 16.3. The molecule has 0 bridgehead atoms. The molecule has 0 spiro atoms. The van der Waals surface area contributed by atoms with Gasteiger partial charge in [-0.05, 0) is 36.8 Å². The van der Waals surface area contributed by atoms with Crippen molar-refractivity contribution in [3.8, 4) is 11.4 Å². The number of benzene rings is 2. The van der Waals surface area contributed by atoms with Crippen LogP contribution in [0.2, 0.25) is 10.0 Å². The average molecular weight is 670 g/mol. The van der Waals surface area contributed by atoms with E-state index in [9.17, 15) is 9.59 Å². The van der Waals surface area contributed by atoms with E-state index < -0.39 is 12.0 Å². The van der Waals surface area contributed by atoms with Gasteiger partial charge in [-0.25, -0.2) is 9.59 Å². The summed E-state index contributed by atoms with van der Waals surface area (Å²) < 4.78 is 7.00. The van der Waals surface area contributed by atoms with E-state index in [0.717, 1.165) is 30.5 Å². The number of esters is 1. The van der Waals surface area contributed by atoms with Gasteiger partial charge in [0, 0.05) is 23.7 Å². The molecule has 46 heavy (non-hydrogen) atoms. The Morgan fingerprint density at radius 3 is 2.26 bits per heavy atom. The maximum Gasteiger partial charge on any atom is 0.338 e. The highest BCUT2D eigenvalue weighted by atomic mass is 35.5. The highest BCUT2D eigenvalue weighted by Crippen LogP contribution is 2.32. The van der Waals surface area contributed by atoms with E-state index in [4.69, 9.17) is 27.9 Å². The number of ether oxygens (including phenoxy) is 1. The lowest BCUT2D eigenvalue weighted by Gasteiger charge is -2.20. The number of rotatable bonds is 15. The molecule has 2 aromatic heterocycles. The summed E-state index contributed by atoms with van der Waals surface area (Å²) >= 11 is 13.0. The largest absolute Gasteiger partial charge is 0.462 e. The Bertz CT molecular complexity index is 1620. The molecule has 0 atom stereocenters. The molecule has 2 N–H and O–H groups in total. The number of amides is 2. The Morgan fingerprint density at radius 1 is 0.935 bits per heavy atom. The number of hydrogen-bond acceptors (Lipinski definition) is 5. The van der Waals surface area contributed by atoms with Gasteiger partial charge in [0.25, 0.3) is 0 Å². The third-order valence-corrected chi connectivity index (χ3v) is 8.60. The van der Waals surface area contributed by atoms with Gasteiger partial charge in [-0.2, -0.15) is 5.10 Å². The molecule has 4 aromatic rings. The Morgan fingerprint density at radius 2 is 1.61 bits per heavy atom. The predicted octanol–water partition coefficient (Wildman–Crippen LogP) is 10.1. The SMILES string of the molecule is CCCCCCCCCCCCOC(=O)c1ccc(Cl)c(N(C)C(=O)Nc2cccc(-c3nn4nc(C(C)(C)C)c(Cl)c4[nH]3)c2)c1. The molecule has 0 aliphatic rings. The van der Waals surface area contributed by atoms with Gasteiger partial charge in [0.2, 0.25) is 0 Å². The number of anilines is 2. The molecule has 0 radical (unpaired) electrons. The summed E-state index contributed by atoms with van der Waals surface area (Å²) in [5.41, 5.74) is 3.15. The van der Waals surface area contributed by atoms with Gasteiger partial charge in [0.15, 0.2) is 11.5 Å². The Hall–Kier alpha value is -3.56. The number of urea groups is 1. The molecule has 9 nitrogen and oxygen atoms in total. The molecule has 0 fully saturated rings. The first-order chi connectivity index (χ1) is 22.0. The Balaban J connectivity index is 1.31. The minimum absolute atomic E-state index is 0.225. The molecule has 2 amide bonds. The van der Waals surface area contributed by atoms with Crippen LogP contribution in [0.3, 0.4) is 0 Å². The standard InChI is InChI=1S/C35H46Cl2N6O3/c1-6-7-8-9-10-11-12-13-14-15-21-46-33(44)25-19-20-27(36)28(23-25)42(5)34(45)38-26-18-16-17-24(22-26)31-39-32-29(37)30(35(2,3)4)40-43(32)41-31/h16-20,22-23H,6-15,21H2,1-5H3,(H,38,45)(H,39,41). The number of carbonyl (C=O) groups excluding carboxylic acids is 2. The van der Waals surface area contributed by atoms with Gasteiger partial charge in [0.1, 0.15) is 5.02 Å². The smallest absolute Gasteiger partial charge is 0.338 e. The maximum absolute atomic E-state index is 13.2. The number of unbranched alkanes of at least 4 members (excludes halogenated alkanes) is 9. The van der Waals surface area contributed by atoms with Crippen LogP contribution in [-0.2, 0) is 10.2 Å². The average Bonchev–Trinajstić information content (AvgIpc) is 3.59. The number of aromatic nitrogens is 4. The van der Waals surface area contributed by atoms with E-state index in [1.54, 1.807) is 37.4 Å². The Kier molecular flexibility index (Phi) is 12.5. The van der Waals surface area contributed by atoms with Crippen molar-refractivity contribution in [1.82, 2.24) is 19.8 Å². The highest BCUT2D eigenvalue weighted by Gasteiger charge is 2.25. The fourth-order valence-corrected chi connectivity index (χ4v) is 5.89. The molecular formula is C35H46Cl2N6O3. The molecule has 11 heteroatoms. The normalized spacial score (nSPS) is 11.6. The Labute approximate surface area is 282 Å². The van der Waals surface area contributed by atoms with Gasteiger partial charge >= 0.3 is 12.0 Å². The van der Waals surface area contributed by atoms with E-state index >= 15 is 0 Å². The van der Waals surface area contributed by atoms with Crippen molar-refractivity contribution < 1.29 is 14.3 Å². The molecule has 0 saturated carbocycles. The number of halogens is 2. The number of H-pyrrole nitrogens is 1. The van der Waals surface area contributed by atoms with Crippen LogP contribution in [0.4, 0.5) is 16.2 Å². The van der Waals surface area contributed by atoms with Crippen LogP contribution in [0.25, 0.3) is 17.0 Å². The summed E-state index contributed by atoms with van der Waals surface area (Å²) in [5.74, 6) is 0.122. The first kappa shape index (κ1) is 35.3. The zero-order chi connectivity index (χ0) is 33.3. The van der Waals surface area contributed by atoms with Crippen LogP contribution in [-0.4, -0.2) is 45.5 Å². The van der Waals surface area contributed by atoms with Crippen molar-refractivity contribution >= 4 is 52.2 Å². The quantitative estimate of drug-likeness (QED) is 0.0968. The summed E-state index contributed by atoms with van der Waals surface area (Å²) in [5, 5.41) is 12.9. The molecule has 248 valence electrons. The van der Waals surface area contributed by atoms with Crippen LogP contribution >= 0.6 is 23.2 Å². The number of hydrogen-bond donors (Lipinski definition) is 2. The second-order valence-corrected chi connectivity index (χ2v) is 13.6. The molecule has 0 aliphatic carbocycles. The lowest BCUT2D eigenvalue weighted by Crippen LogP contribution is -2.31. The molecule has 2 heterocycles. The number of carbonyl (C=O) groups is 2. The molecule has 0 aliphatic heterocycles. The van der Waals surface area contributed by atoms with Crippen molar-refractivity contribution in [2.24, 2.45) is 0 Å². The van der Waals surface area contributed by atoms with Gasteiger partial charge in [-0.1, -0.05) is 121 Å². The van der Waals surface area contributed by atoms with Crippen molar-refractivity contribution in [3.05, 3.63) is 63.8 Å². The van der Waals surface area contributed by atoms with Gasteiger partial charge in [-0.3, -0.25) is 4.90 Å². The van der Waals surface area contributed by atoms with Crippen LogP contribution < -0.4 is 10.2 Å². The first-order valence-corrected chi connectivity index (χ1v) is 17.0. The number of nitrogens with zero attached hydrogens (tertiary/aromatic N) is 4. The number of fused-ring (bicyclic) bond motifs is 1. The minimum atomic E-state index is -0.435. The monoisotopic (exact) mass is 668 g/mol. The van der Waals surface area contributed by atoms with Crippen LogP contribution in [0.1, 0.15) is 108 Å². The zero-order valence-corrected chi connectivity index (χ0v) is 29.1. The second-order valence-electron chi connectivity index (χ2n) is 12.8. The molecule has 4 rings (SSSR count). The van der Waals surface area contributed by atoms with Crippen molar-refractivity contribution in [2.75, 3.05) is 23.9 Å². The van der Waals surface area contributed by atoms with E-state index in [1.165, 1.54) is 54.5 Å². The van der Waals surface area contributed by atoms with Crippen LogP contribution in [0, 0.1) is 0 Å². The van der Waals surface area contributed by atoms with Crippen molar-refractivity contribution in [1.29, 1.82) is 0 Å². The topological polar surface area (TPSA) is 105 Å². The zero-order valence-electron chi connectivity index (χ0n) is 27.6.